The first-order chi connectivity index (χ1) is 14.0. The number of aromatic amines is 1. The normalized spacial score (nSPS) is 29.6. The van der Waals surface area contributed by atoms with Crippen LogP contribution in [0.15, 0.2) is 24.4 Å². The van der Waals surface area contributed by atoms with Crippen molar-refractivity contribution >= 4 is 17.0 Å². The van der Waals surface area contributed by atoms with Gasteiger partial charge in [-0.3, -0.25) is 0 Å². The van der Waals surface area contributed by atoms with Crippen LogP contribution in [0.1, 0.15) is 24.8 Å². The van der Waals surface area contributed by atoms with Crippen LogP contribution in [0.5, 0.6) is 0 Å². The van der Waals surface area contributed by atoms with Crippen molar-refractivity contribution < 1.29 is 23.2 Å². The zero-order valence-corrected chi connectivity index (χ0v) is 11.1. The van der Waals surface area contributed by atoms with Gasteiger partial charge in [-0.15, -0.1) is 0 Å². The van der Waals surface area contributed by atoms with Gasteiger partial charge in [0.15, 0.2) is 0 Å². The Labute approximate surface area is 138 Å². The fraction of sp³-hybridized carbons (Fsp3) is 0.438. The zero-order chi connectivity index (χ0) is 23.4. The van der Waals surface area contributed by atoms with E-state index in [4.69, 9.17) is 13.7 Å². The molecule has 5 nitrogen and oxygen atoms in total. The second-order valence-electron chi connectivity index (χ2n) is 4.75. The predicted molar refractivity (Wildman–Crippen MR) is 82.5 cm³/mol. The molecule has 0 bridgehead atoms. The maximum atomic E-state index is 11.4. The van der Waals surface area contributed by atoms with Crippen molar-refractivity contribution in [2.75, 3.05) is 27.1 Å². The van der Waals surface area contributed by atoms with Crippen molar-refractivity contribution in [1.29, 1.82) is 0 Å². The van der Waals surface area contributed by atoms with Crippen molar-refractivity contribution in [3.8, 4) is 0 Å². The molecule has 2 heterocycles. The molecule has 1 fully saturated rings. The average Bonchev–Trinajstić information content (AvgIpc) is 3.11. The summed E-state index contributed by atoms with van der Waals surface area (Å²) >= 11 is 0. The van der Waals surface area contributed by atoms with E-state index in [-0.39, 0.29) is 16.9 Å². The van der Waals surface area contributed by atoms with Crippen LogP contribution in [0, 0.1) is 0 Å². The molecular formula is C16H21N3O2. The van der Waals surface area contributed by atoms with Crippen LogP contribution in [-0.2, 0) is 17.5 Å². The number of ether oxygens (including phenoxy) is 1. The summed E-state index contributed by atoms with van der Waals surface area (Å²) in [7, 11) is 0. The van der Waals surface area contributed by atoms with Crippen molar-refractivity contribution in [1.82, 2.24) is 15.2 Å². The molecule has 112 valence electrons. The Hall–Kier alpha value is -2.01. The molecule has 3 rings (SSSR count). The van der Waals surface area contributed by atoms with Gasteiger partial charge in [-0.1, -0.05) is 6.07 Å². The maximum absolute atomic E-state index is 11.4. The molecule has 1 amide bonds. The molecule has 1 atom stereocenters. The van der Waals surface area contributed by atoms with E-state index in [0.717, 1.165) is 0 Å². The Morgan fingerprint density at radius 3 is 3.24 bits per heavy atom. The SMILES string of the molecule is [2H]C([2H])(CN(C([2H])([2H])[2H])C([2H])([2H])[2H])c1c[nH]c2ccc(C[C@@H]3NC(=O)OC3([2H])[2H])cc12. The molecule has 0 aliphatic carbocycles. The molecule has 2 N–H and O–H groups in total. The molecule has 0 radical (unpaired) electrons. The number of carbonyl (C=O) groups is 1. The molecule has 5 heteroatoms. The Bertz CT molecular complexity index is 968. The fourth-order valence-corrected chi connectivity index (χ4v) is 2.26. The van der Waals surface area contributed by atoms with Crippen molar-refractivity contribution in [3.63, 3.8) is 0 Å². The summed E-state index contributed by atoms with van der Waals surface area (Å²) in [6.45, 7) is -9.15. The smallest absolute Gasteiger partial charge is 0.407 e. The van der Waals surface area contributed by atoms with Gasteiger partial charge >= 0.3 is 6.09 Å². The lowest BCUT2D eigenvalue weighted by atomic mass is 10.0. The van der Waals surface area contributed by atoms with Crippen molar-refractivity contribution in [3.05, 3.63) is 35.5 Å². The lowest BCUT2D eigenvalue weighted by Crippen LogP contribution is -2.28. The molecular weight excluding hydrogens is 266 g/mol. The molecule has 0 saturated carbocycles. The van der Waals surface area contributed by atoms with Gasteiger partial charge in [-0.05, 0) is 50.0 Å². The number of hydrogen-bond donors (Lipinski definition) is 2. The summed E-state index contributed by atoms with van der Waals surface area (Å²) in [6.07, 6.45) is -1.78. The van der Waals surface area contributed by atoms with Gasteiger partial charge in [-0.2, -0.15) is 0 Å². The van der Waals surface area contributed by atoms with Crippen LogP contribution >= 0.6 is 0 Å². The fourth-order valence-electron chi connectivity index (χ4n) is 2.26. The highest BCUT2D eigenvalue weighted by Gasteiger charge is 2.22. The molecule has 1 aliphatic heterocycles. The highest BCUT2D eigenvalue weighted by molar-refractivity contribution is 5.84. The van der Waals surface area contributed by atoms with Gasteiger partial charge in [0.2, 0.25) is 0 Å². The molecule has 0 unspecified atom stereocenters. The monoisotopic (exact) mass is 297 g/mol. The Kier molecular flexibility index (Phi) is 1.76. The number of aromatic nitrogens is 1. The van der Waals surface area contributed by atoms with Gasteiger partial charge in [0.05, 0.1) is 8.78 Å². The van der Waals surface area contributed by atoms with Crippen LogP contribution < -0.4 is 5.32 Å². The number of benzene rings is 1. The van der Waals surface area contributed by atoms with E-state index >= 15 is 0 Å². The molecule has 21 heavy (non-hydrogen) atoms. The van der Waals surface area contributed by atoms with Crippen LogP contribution in [0.25, 0.3) is 10.9 Å². The minimum atomic E-state index is -3.03. The summed E-state index contributed by atoms with van der Waals surface area (Å²) < 4.78 is 81.8. The number of likely N-dealkylation sites (N-methyl/N-ethyl adjacent to an activating group) is 1. The highest BCUT2D eigenvalue weighted by atomic mass is 16.6. The van der Waals surface area contributed by atoms with Gasteiger partial charge < -0.3 is 19.9 Å². The van der Waals surface area contributed by atoms with Crippen LogP contribution in [0.4, 0.5) is 4.79 Å². The standard InChI is InChI=1S/C16H21N3O2/c1-19(2)6-5-12-9-17-15-4-3-11(8-14(12)15)7-13-10-21-16(20)18-13/h3-4,8-9,13,17H,5-7,10H2,1-2H3,(H,18,20)/t13-/m0/s1/i1D3,2D3,5D2,10D2. The van der Waals surface area contributed by atoms with E-state index < -0.39 is 45.6 Å². The van der Waals surface area contributed by atoms with E-state index in [0.29, 0.717) is 16.5 Å². The topological polar surface area (TPSA) is 57.4 Å². The first kappa shape index (κ1) is 6.40. The molecule has 1 aromatic carbocycles. The minimum Gasteiger partial charge on any atom is -0.447 e. The Morgan fingerprint density at radius 2 is 2.48 bits per heavy atom. The van der Waals surface area contributed by atoms with E-state index in [2.05, 4.69) is 15.0 Å². The lowest BCUT2D eigenvalue weighted by Gasteiger charge is -2.09. The first-order valence-electron chi connectivity index (χ1n) is 11.4. The lowest BCUT2D eigenvalue weighted by molar-refractivity contribution is 0.177. The maximum Gasteiger partial charge on any atom is 0.407 e. The van der Waals surface area contributed by atoms with E-state index in [1.165, 1.54) is 6.20 Å². The summed E-state index contributed by atoms with van der Waals surface area (Å²) in [5, 5.41) is 2.78. The van der Waals surface area contributed by atoms with Gasteiger partial charge in [-0.25, -0.2) is 4.79 Å². The summed E-state index contributed by atoms with van der Waals surface area (Å²) in [5.41, 5.74) is 1.18. The Balaban J connectivity index is 1.93. The molecule has 2 aromatic rings. The average molecular weight is 297 g/mol. The second-order valence-corrected chi connectivity index (χ2v) is 4.75. The number of amides is 1. The predicted octanol–water partition coefficient (Wildman–Crippen LogP) is 1.92. The largest absolute Gasteiger partial charge is 0.447 e. The first-order valence-corrected chi connectivity index (χ1v) is 6.38. The van der Waals surface area contributed by atoms with Crippen LogP contribution in [0.2, 0.25) is 0 Å². The number of H-pyrrole nitrogens is 1. The quantitative estimate of drug-likeness (QED) is 0.886. The van der Waals surface area contributed by atoms with Gasteiger partial charge in [0.25, 0.3) is 0 Å². The number of alkyl carbamates (subject to hydrolysis) is 1. The zero-order valence-electron chi connectivity index (χ0n) is 21.1. The number of fused-ring (bicyclic) bond motifs is 1. The van der Waals surface area contributed by atoms with Gasteiger partial charge in [0, 0.05) is 34.6 Å². The number of nitrogens with one attached hydrogen (secondary N) is 2. The third-order valence-electron chi connectivity index (χ3n) is 3.20. The summed E-state index contributed by atoms with van der Waals surface area (Å²) in [4.78, 5) is 14.4. The van der Waals surface area contributed by atoms with Crippen molar-refractivity contribution in [2.24, 2.45) is 0 Å². The Morgan fingerprint density at radius 1 is 1.57 bits per heavy atom. The molecule has 1 aliphatic rings. The van der Waals surface area contributed by atoms with Gasteiger partial charge in [0.1, 0.15) is 6.56 Å². The molecule has 1 aromatic heterocycles. The molecule has 0 spiro atoms. The van der Waals surface area contributed by atoms with E-state index in [1.807, 2.05) is 0 Å². The van der Waals surface area contributed by atoms with Crippen LogP contribution in [-0.4, -0.2) is 49.1 Å². The van der Waals surface area contributed by atoms with E-state index in [1.54, 1.807) is 18.2 Å². The van der Waals surface area contributed by atoms with Crippen LogP contribution in [0.3, 0.4) is 0 Å². The molecule has 1 saturated heterocycles. The van der Waals surface area contributed by atoms with E-state index in [9.17, 15) is 4.79 Å². The third kappa shape index (κ3) is 3.19. The third-order valence-corrected chi connectivity index (χ3v) is 3.20. The number of hydrogen-bond acceptors (Lipinski definition) is 3. The number of nitrogens with zero attached hydrogens (tertiary/aromatic N) is 1. The second kappa shape index (κ2) is 5.77. The number of carbonyl (C=O) groups excluding carboxylic acids is 1. The highest BCUT2D eigenvalue weighted by Crippen LogP contribution is 2.21. The number of rotatable bonds is 5. The summed E-state index contributed by atoms with van der Waals surface area (Å²) in [6, 6.07) is 3.96. The number of cyclic esters (lactones) is 1. The van der Waals surface area contributed by atoms with Crippen molar-refractivity contribution in [2.45, 2.75) is 18.8 Å². The summed E-state index contributed by atoms with van der Waals surface area (Å²) in [5.74, 6) is 0. The minimum absolute atomic E-state index is 0.0672.